The summed E-state index contributed by atoms with van der Waals surface area (Å²) in [5.41, 5.74) is 3.12. The lowest BCUT2D eigenvalue weighted by Crippen LogP contribution is -2.59. The number of pyridine rings is 1. The summed E-state index contributed by atoms with van der Waals surface area (Å²) in [6.45, 7) is 13.1. The number of aryl methyl sites for hydroxylation is 1. The minimum Gasteiger partial charge on any atom is -0.381 e. The Morgan fingerprint density at radius 3 is 2.40 bits per heavy atom. The number of ether oxygens (including phenoxy) is 1. The quantitative estimate of drug-likeness (QED) is 0.785. The van der Waals surface area contributed by atoms with Gasteiger partial charge in [0.1, 0.15) is 5.82 Å². The van der Waals surface area contributed by atoms with Gasteiger partial charge in [-0.05, 0) is 31.2 Å². The summed E-state index contributed by atoms with van der Waals surface area (Å²) in [5, 5.41) is 0. The molecule has 0 unspecified atom stereocenters. The molecule has 3 rings (SSSR count). The van der Waals surface area contributed by atoms with E-state index in [1.165, 1.54) is 24.2 Å². The average molecular weight is 274 g/mol. The fourth-order valence-corrected chi connectivity index (χ4v) is 3.40. The van der Waals surface area contributed by atoms with Crippen LogP contribution < -0.4 is 4.90 Å². The molecule has 3 heterocycles. The van der Waals surface area contributed by atoms with Crippen molar-refractivity contribution in [3.8, 4) is 0 Å². The van der Waals surface area contributed by atoms with Gasteiger partial charge in [0.2, 0.25) is 0 Å². The highest BCUT2D eigenvalue weighted by molar-refractivity contribution is 5.53. The van der Waals surface area contributed by atoms with E-state index in [0.717, 1.165) is 32.0 Å². The Labute approximate surface area is 122 Å². The van der Waals surface area contributed by atoms with E-state index in [0.29, 0.717) is 5.41 Å². The predicted octanol–water partition coefficient (Wildman–Crippen LogP) is 3.30. The maximum atomic E-state index is 5.50. The highest BCUT2D eigenvalue weighted by atomic mass is 16.5. The van der Waals surface area contributed by atoms with Gasteiger partial charge in [0.15, 0.2) is 0 Å². The molecule has 0 bridgehead atoms. The van der Waals surface area contributed by atoms with Crippen LogP contribution in [0.4, 0.5) is 5.82 Å². The first-order valence-electron chi connectivity index (χ1n) is 7.71. The summed E-state index contributed by atoms with van der Waals surface area (Å²) in [4.78, 5) is 7.31. The monoisotopic (exact) mass is 274 g/mol. The predicted molar refractivity (Wildman–Crippen MR) is 82.4 cm³/mol. The van der Waals surface area contributed by atoms with Gasteiger partial charge in [0, 0.05) is 43.0 Å². The van der Waals surface area contributed by atoms with E-state index in [1.54, 1.807) is 0 Å². The fourth-order valence-electron chi connectivity index (χ4n) is 3.40. The van der Waals surface area contributed by atoms with Crippen molar-refractivity contribution in [3.05, 3.63) is 23.4 Å². The molecular weight excluding hydrogens is 248 g/mol. The minimum atomic E-state index is 0.147. The van der Waals surface area contributed by atoms with Crippen LogP contribution in [-0.4, -0.2) is 31.3 Å². The molecule has 3 heteroatoms. The standard InChI is InChI=1S/C17H26N2O/c1-13-5-6-14(16(2,3)4)15(18-13)19-11-17(12-19)7-9-20-10-8-17/h5-6H,7-12H2,1-4H3. The van der Waals surface area contributed by atoms with Crippen molar-refractivity contribution in [1.29, 1.82) is 0 Å². The molecule has 0 aliphatic carbocycles. The molecule has 1 aromatic heterocycles. The molecule has 2 aliphatic heterocycles. The fraction of sp³-hybridized carbons (Fsp3) is 0.706. The van der Waals surface area contributed by atoms with Crippen LogP contribution in [0.1, 0.15) is 44.9 Å². The van der Waals surface area contributed by atoms with Crippen LogP contribution in [0.25, 0.3) is 0 Å². The van der Waals surface area contributed by atoms with E-state index >= 15 is 0 Å². The van der Waals surface area contributed by atoms with Crippen molar-refractivity contribution < 1.29 is 4.74 Å². The average Bonchev–Trinajstić information content (AvgIpc) is 2.35. The van der Waals surface area contributed by atoms with Crippen molar-refractivity contribution >= 4 is 5.82 Å². The topological polar surface area (TPSA) is 25.4 Å². The van der Waals surface area contributed by atoms with Gasteiger partial charge in [-0.1, -0.05) is 26.8 Å². The second-order valence-electron chi connectivity index (χ2n) is 7.54. The zero-order valence-electron chi connectivity index (χ0n) is 13.2. The second-order valence-corrected chi connectivity index (χ2v) is 7.54. The lowest BCUT2D eigenvalue weighted by atomic mass is 9.73. The summed E-state index contributed by atoms with van der Waals surface area (Å²) < 4.78 is 5.50. The van der Waals surface area contributed by atoms with Gasteiger partial charge in [0.05, 0.1) is 0 Å². The van der Waals surface area contributed by atoms with Crippen molar-refractivity contribution in [2.75, 3.05) is 31.2 Å². The zero-order chi connectivity index (χ0) is 14.4. The molecule has 0 N–H and O–H groups in total. The number of nitrogens with zero attached hydrogens (tertiary/aromatic N) is 2. The van der Waals surface area contributed by atoms with Crippen molar-refractivity contribution in [3.63, 3.8) is 0 Å². The Bertz CT molecular complexity index is 490. The number of hydrogen-bond acceptors (Lipinski definition) is 3. The van der Waals surface area contributed by atoms with Crippen LogP contribution in [0.3, 0.4) is 0 Å². The summed E-state index contributed by atoms with van der Waals surface area (Å²) in [7, 11) is 0. The van der Waals surface area contributed by atoms with Crippen LogP contribution in [0, 0.1) is 12.3 Å². The summed E-state index contributed by atoms with van der Waals surface area (Å²) in [6, 6.07) is 4.39. The van der Waals surface area contributed by atoms with Gasteiger partial charge in [-0.3, -0.25) is 0 Å². The Morgan fingerprint density at radius 2 is 1.80 bits per heavy atom. The molecule has 2 aliphatic rings. The lowest BCUT2D eigenvalue weighted by Gasteiger charge is -2.53. The van der Waals surface area contributed by atoms with E-state index < -0.39 is 0 Å². The van der Waals surface area contributed by atoms with Crippen molar-refractivity contribution in [2.45, 2.75) is 46.0 Å². The first-order valence-corrected chi connectivity index (χ1v) is 7.71. The number of hydrogen-bond donors (Lipinski definition) is 0. The Hall–Kier alpha value is -1.09. The minimum absolute atomic E-state index is 0.147. The van der Waals surface area contributed by atoms with E-state index in [2.05, 4.69) is 44.7 Å². The van der Waals surface area contributed by atoms with Gasteiger partial charge >= 0.3 is 0 Å². The van der Waals surface area contributed by atoms with E-state index in [1.807, 2.05) is 0 Å². The largest absolute Gasteiger partial charge is 0.381 e. The maximum absolute atomic E-state index is 5.50. The van der Waals surface area contributed by atoms with Crippen molar-refractivity contribution in [1.82, 2.24) is 4.98 Å². The molecule has 0 amide bonds. The molecule has 3 nitrogen and oxygen atoms in total. The van der Waals surface area contributed by atoms with E-state index in [-0.39, 0.29) is 5.41 Å². The second kappa shape index (κ2) is 4.73. The van der Waals surface area contributed by atoms with E-state index in [4.69, 9.17) is 9.72 Å². The summed E-state index contributed by atoms with van der Waals surface area (Å²) >= 11 is 0. The summed E-state index contributed by atoms with van der Waals surface area (Å²) in [6.07, 6.45) is 2.42. The van der Waals surface area contributed by atoms with Gasteiger partial charge in [-0.2, -0.15) is 0 Å². The van der Waals surface area contributed by atoms with Gasteiger partial charge < -0.3 is 9.64 Å². The first-order chi connectivity index (χ1) is 9.40. The SMILES string of the molecule is Cc1ccc(C(C)(C)C)c(N2CC3(CCOCC3)C2)n1. The highest BCUT2D eigenvalue weighted by Crippen LogP contribution is 2.43. The third-order valence-corrected chi connectivity index (χ3v) is 4.73. The molecule has 20 heavy (non-hydrogen) atoms. The van der Waals surface area contributed by atoms with Crippen LogP contribution in [-0.2, 0) is 10.2 Å². The Kier molecular flexibility index (Phi) is 3.28. The van der Waals surface area contributed by atoms with Crippen LogP contribution >= 0.6 is 0 Å². The number of rotatable bonds is 1. The first kappa shape index (κ1) is 13.9. The molecular formula is C17H26N2O. The zero-order valence-corrected chi connectivity index (χ0v) is 13.2. The molecule has 1 aromatic rings. The molecule has 1 spiro atoms. The molecule has 0 aromatic carbocycles. The van der Waals surface area contributed by atoms with Crippen LogP contribution in [0.15, 0.2) is 12.1 Å². The molecule has 0 atom stereocenters. The molecule has 0 radical (unpaired) electrons. The third-order valence-electron chi connectivity index (χ3n) is 4.73. The lowest BCUT2D eigenvalue weighted by molar-refractivity contribution is -0.000569. The highest BCUT2D eigenvalue weighted by Gasteiger charge is 2.45. The summed E-state index contributed by atoms with van der Waals surface area (Å²) in [5.74, 6) is 1.20. The molecule has 2 saturated heterocycles. The van der Waals surface area contributed by atoms with Gasteiger partial charge in [-0.15, -0.1) is 0 Å². The van der Waals surface area contributed by atoms with Gasteiger partial charge in [0.25, 0.3) is 0 Å². The van der Waals surface area contributed by atoms with Crippen LogP contribution in [0.5, 0.6) is 0 Å². The van der Waals surface area contributed by atoms with Gasteiger partial charge in [-0.25, -0.2) is 4.98 Å². The van der Waals surface area contributed by atoms with Crippen molar-refractivity contribution in [2.24, 2.45) is 5.41 Å². The maximum Gasteiger partial charge on any atom is 0.132 e. The Morgan fingerprint density at radius 1 is 1.15 bits per heavy atom. The smallest absolute Gasteiger partial charge is 0.132 e. The third kappa shape index (κ3) is 2.44. The van der Waals surface area contributed by atoms with E-state index in [9.17, 15) is 0 Å². The molecule has 2 fully saturated rings. The molecule has 0 saturated carbocycles. The normalized spacial score (nSPS) is 21.9. The molecule has 110 valence electrons. The van der Waals surface area contributed by atoms with Crippen LogP contribution in [0.2, 0.25) is 0 Å². The Balaban J connectivity index is 1.83. The number of aromatic nitrogens is 1. The number of anilines is 1.